The molecule has 1 aliphatic rings. The normalized spacial score (nSPS) is 16.7. The maximum Gasteiger partial charge on any atom is 0.239 e. The molecule has 148 valence electrons. The van der Waals surface area contributed by atoms with E-state index < -0.39 is 0 Å². The van der Waals surface area contributed by atoms with E-state index in [2.05, 4.69) is 57.0 Å². The Morgan fingerprint density at radius 1 is 1.11 bits per heavy atom. The molecule has 2 aromatic carbocycles. The molecule has 3 N–H and O–H groups in total. The Hall–Kier alpha value is -3.02. The van der Waals surface area contributed by atoms with Crippen molar-refractivity contribution in [1.29, 1.82) is 0 Å². The van der Waals surface area contributed by atoms with Crippen molar-refractivity contribution in [1.82, 2.24) is 16.0 Å². The Morgan fingerprint density at radius 2 is 1.86 bits per heavy atom. The van der Waals surface area contributed by atoms with Gasteiger partial charge in [0, 0.05) is 38.4 Å². The van der Waals surface area contributed by atoms with Gasteiger partial charge in [-0.2, -0.15) is 0 Å². The molecule has 0 bridgehead atoms. The van der Waals surface area contributed by atoms with Crippen molar-refractivity contribution in [3.05, 3.63) is 65.7 Å². The maximum absolute atomic E-state index is 12.1. The predicted molar refractivity (Wildman–Crippen MR) is 115 cm³/mol. The summed E-state index contributed by atoms with van der Waals surface area (Å²) >= 11 is 0. The van der Waals surface area contributed by atoms with E-state index in [1.54, 1.807) is 7.05 Å². The summed E-state index contributed by atoms with van der Waals surface area (Å²) in [4.78, 5) is 18.7. The van der Waals surface area contributed by atoms with Gasteiger partial charge < -0.3 is 20.9 Å². The largest absolute Gasteiger partial charge is 0.369 e. The van der Waals surface area contributed by atoms with Crippen LogP contribution in [0.5, 0.6) is 0 Å². The fourth-order valence-corrected chi connectivity index (χ4v) is 3.28. The standard InChI is InChI=1S/C22H29N5O/c1-17-8-10-20(11-9-17)27-13-12-19(16-27)26-22(23-2)25-15-21(28)24-14-18-6-4-3-5-7-18/h3-11,19H,12-16H2,1-2H3,(H,24,28)(H2,23,25,26). The molecule has 6 heteroatoms. The number of amides is 1. The summed E-state index contributed by atoms with van der Waals surface area (Å²) in [7, 11) is 1.73. The van der Waals surface area contributed by atoms with E-state index in [0.29, 0.717) is 18.5 Å². The molecule has 28 heavy (non-hydrogen) atoms. The lowest BCUT2D eigenvalue weighted by Gasteiger charge is -2.20. The number of hydrogen-bond acceptors (Lipinski definition) is 3. The number of anilines is 1. The number of guanidine groups is 1. The van der Waals surface area contributed by atoms with E-state index >= 15 is 0 Å². The first-order chi connectivity index (χ1) is 13.6. The second-order valence-corrected chi connectivity index (χ2v) is 7.10. The van der Waals surface area contributed by atoms with Gasteiger partial charge in [-0.05, 0) is 31.0 Å². The van der Waals surface area contributed by atoms with Crippen molar-refractivity contribution in [3.8, 4) is 0 Å². The van der Waals surface area contributed by atoms with Gasteiger partial charge in [0.05, 0.1) is 6.54 Å². The Bertz CT molecular complexity index is 788. The molecule has 2 aromatic rings. The lowest BCUT2D eigenvalue weighted by molar-refractivity contribution is -0.120. The lowest BCUT2D eigenvalue weighted by atomic mass is 10.2. The molecule has 0 radical (unpaired) electrons. The second kappa shape index (κ2) is 9.78. The first kappa shape index (κ1) is 19.7. The number of carbonyl (C=O) groups is 1. The molecule has 0 saturated carbocycles. The van der Waals surface area contributed by atoms with E-state index in [9.17, 15) is 4.79 Å². The van der Waals surface area contributed by atoms with Gasteiger partial charge in [-0.3, -0.25) is 9.79 Å². The number of aryl methyl sites for hydroxylation is 1. The maximum atomic E-state index is 12.1. The first-order valence-corrected chi connectivity index (χ1v) is 9.73. The van der Waals surface area contributed by atoms with Crippen molar-refractivity contribution in [2.24, 2.45) is 4.99 Å². The summed E-state index contributed by atoms with van der Waals surface area (Å²) in [5.41, 5.74) is 3.60. The topological polar surface area (TPSA) is 68.8 Å². The molecule has 1 heterocycles. The number of aliphatic imine (C=N–C) groups is 1. The van der Waals surface area contributed by atoms with Crippen LogP contribution in [0.25, 0.3) is 0 Å². The van der Waals surface area contributed by atoms with Gasteiger partial charge in [-0.15, -0.1) is 0 Å². The zero-order chi connectivity index (χ0) is 19.8. The van der Waals surface area contributed by atoms with Gasteiger partial charge in [0.1, 0.15) is 0 Å². The Balaban J connectivity index is 1.41. The number of nitrogens with one attached hydrogen (secondary N) is 3. The van der Waals surface area contributed by atoms with Crippen LogP contribution in [0, 0.1) is 6.92 Å². The number of nitrogens with zero attached hydrogens (tertiary/aromatic N) is 2. The first-order valence-electron chi connectivity index (χ1n) is 9.73. The van der Waals surface area contributed by atoms with Crippen molar-refractivity contribution in [3.63, 3.8) is 0 Å². The second-order valence-electron chi connectivity index (χ2n) is 7.10. The van der Waals surface area contributed by atoms with Gasteiger partial charge in [0.25, 0.3) is 0 Å². The fraction of sp³-hybridized carbons (Fsp3) is 0.364. The Labute approximate surface area is 167 Å². The third-order valence-electron chi connectivity index (χ3n) is 4.90. The van der Waals surface area contributed by atoms with Gasteiger partial charge in [0.2, 0.25) is 5.91 Å². The highest BCUT2D eigenvalue weighted by atomic mass is 16.1. The van der Waals surface area contributed by atoms with Crippen LogP contribution in [0.15, 0.2) is 59.6 Å². The molecule has 1 fully saturated rings. The van der Waals surface area contributed by atoms with Gasteiger partial charge in [-0.1, -0.05) is 48.0 Å². The summed E-state index contributed by atoms with van der Waals surface area (Å²) in [6, 6.07) is 18.8. The number of rotatable bonds is 6. The van der Waals surface area contributed by atoms with Crippen LogP contribution < -0.4 is 20.9 Å². The highest BCUT2D eigenvalue weighted by Gasteiger charge is 2.23. The summed E-state index contributed by atoms with van der Waals surface area (Å²) in [5, 5.41) is 9.44. The average molecular weight is 380 g/mol. The van der Waals surface area contributed by atoms with E-state index in [4.69, 9.17) is 0 Å². The molecule has 1 aliphatic heterocycles. The molecule has 0 aromatic heterocycles. The number of hydrogen-bond donors (Lipinski definition) is 3. The molecule has 6 nitrogen and oxygen atoms in total. The van der Waals surface area contributed by atoms with Crippen LogP contribution in [0.2, 0.25) is 0 Å². The Morgan fingerprint density at radius 3 is 2.57 bits per heavy atom. The van der Waals surface area contributed by atoms with Crippen LogP contribution in [-0.4, -0.2) is 44.6 Å². The summed E-state index contributed by atoms with van der Waals surface area (Å²) in [5.74, 6) is 0.602. The summed E-state index contributed by atoms with van der Waals surface area (Å²) in [6.45, 7) is 4.76. The molecular formula is C22H29N5O. The SMILES string of the molecule is CN=C(NCC(=O)NCc1ccccc1)NC1CCN(c2ccc(C)cc2)C1. The third kappa shape index (κ3) is 5.74. The molecular weight excluding hydrogens is 350 g/mol. The van der Waals surface area contributed by atoms with E-state index in [0.717, 1.165) is 25.1 Å². The summed E-state index contributed by atoms with van der Waals surface area (Å²) < 4.78 is 0. The monoisotopic (exact) mass is 379 g/mol. The zero-order valence-electron chi connectivity index (χ0n) is 16.6. The minimum Gasteiger partial charge on any atom is -0.369 e. The molecule has 1 saturated heterocycles. The lowest BCUT2D eigenvalue weighted by Crippen LogP contribution is -2.47. The van der Waals surface area contributed by atoms with Crippen molar-refractivity contribution >= 4 is 17.6 Å². The molecule has 1 unspecified atom stereocenters. The number of benzene rings is 2. The fourth-order valence-electron chi connectivity index (χ4n) is 3.28. The summed E-state index contributed by atoms with van der Waals surface area (Å²) in [6.07, 6.45) is 1.04. The molecule has 1 atom stereocenters. The highest BCUT2D eigenvalue weighted by molar-refractivity contribution is 5.86. The van der Waals surface area contributed by atoms with Crippen LogP contribution >= 0.6 is 0 Å². The van der Waals surface area contributed by atoms with Crippen LogP contribution in [0.4, 0.5) is 5.69 Å². The third-order valence-corrected chi connectivity index (χ3v) is 4.90. The Kier molecular flexibility index (Phi) is 6.89. The van der Waals surface area contributed by atoms with Crippen molar-refractivity contribution < 1.29 is 4.79 Å². The quantitative estimate of drug-likeness (QED) is 0.531. The minimum absolute atomic E-state index is 0.0560. The van der Waals surface area contributed by atoms with Gasteiger partial charge in [-0.25, -0.2) is 0 Å². The highest BCUT2D eigenvalue weighted by Crippen LogP contribution is 2.20. The number of carbonyl (C=O) groups excluding carboxylic acids is 1. The van der Waals surface area contributed by atoms with E-state index in [1.807, 2.05) is 30.3 Å². The van der Waals surface area contributed by atoms with Crippen molar-refractivity contribution in [2.45, 2.75) is 25.9 Å². The van der Waals surface area contributed by atoms with Crippen LogP contribution in [0.3, 0.4) is 0 Å². The van der Waals surface area contributed by atoms with E-state index in [1.165, 1.54) is 11.3 Å². The molecule has 3 rings (SSSR count). The molecule has 0 spiro atoms. The van der Waals surface area contributed by atoms with Gasteiger partial charge >= 0.3 is 0 Å². The van der Waals surface area contributed by atoms with Crippen molar-refractivity contribution in [2.75, 3.05) is 31.6 Å². The minimum atomic E-state index is -0.0560. The molecule has 0 aliphatic carbocycles. The van der Waals surface area contributed by atoms with E-state index in [-0.39, 0.29) is 12.5 Å². The predicted octanol–water partition coefficient (Wildman–Crippen LogP) is 2.06. The molecule has 1 amide bonds. The van der Waals surface area contributed by atoms with Crippen LogP contribution in [-0.2, 0) is 11.3 Å². The zero-order valence-corrected chi connectivity index (χ0v) is 16.6. The van der Waals surface area contributed by atoms with Gasteiger partial charge in [0.15, 0.2) is 5.96 Å². The van der Waals surface area contributed by atoms with Crippen LogP contribution in [0.1, 0.15) is 17.5 Å². The smallest absolute Gasteiger partial charge is 0.239 e. The average Bonchev–Trinajstić information content (AvgIpc) is 3.19.